The minimum Gasteiger partial charge on any atom is -0.0654 e. The molecule has 0 amide bonds. The maximum atomic E-state index is 2.46. The summed E-state index contributed by atoms with van der Waals surface area (Å²) < 4.78 is 0. The molecule has 0 nitrogen and oxygen atoms in total. The fourth-order valence-electron chi connectivity index (χ4n) is 2.53. The average molecular weight is 196 g/mol. The second-order valence-corrected chi connectivity index (χ2v) is 5.50. The van der Waals surface area contributed by atoms with E-state index in [9.17, 15) is 0 Å². The molecule has 0 heteroatoms. The van der Waals surface area contributed by atoms with Gasteiger partial charge in [0.1, 0.15) is 0 Å². The van der Waals surface area contributed by atoms with Crippen LogP contribution in [0.5, 0.6) is 0 Å². The molecule has 1 aliphatic rings. The molecule has 1 aliphatic carbocycles. The van der Waals surface area contributed by atoms with Crippen LogP contribution in [0, 0.1) is 17.8 Å². The van der Waals surface area contributed by atoms with Gasteiger partial charge in [-0.3, -0.25) is 0 Å². The molecule has 1 saturated carbocycles. The number of unbranched alkanes of at least 4 members (excludes halogenated alkanes) is 3. The van der Waals surface area contributed by atoms with Crippen LogP contribution in [0.25, 0.3) is 0 Å². The molecule has 0 aromatic rings. The summed E-state index contributed by atoms with van der Waals surface area (Å²) in [5, 5.41) is 0. The second kappa shape index (κ2) is 6.48. The topological polar surface area (TPSA) is 0 Å². The highest BCUT2D eigenvalue weighted by molar-refractivity contribution is 4.79. The van der Waals surface area contributed by atoms with Gasteiger partial charge in [0.2, 0.25) is 0 Å². The third-order valence-corrected chi connectivity index (χ3v) is 3.75. The molecule has 0 aromatic heterocycles. The SMILES string of the molecule is CCCCCCC(C)CC(C)C1CC1. The lowest BCUT2D eigenvalue weighted by Gasteiger charge is -2.16. The molecule has 0 bridgehead atoms. The Morgan fingerprint density at radius 2 is 1.79 bits per heavy atom. The van der Waals surface area contributed by atoms with Crippen molar-refractivity contribution in [1.82, 2.24) is 0 Å². The van der Waals surface area contributed by atoms with Gasteiger partial charge >= 0.3 is 0 Å². The Bertz CT molecular complexity index is 135. The van der Waals surface area contributed by atoms with Crippen LogP contribution in [0.15, 0.2) is 0 Å². The average Bonchev–Trinajstić information content (AvgIpc) is 2.95. The molecular formula is C14H28. The molecule has 14 heavy (non-hydrogen) atoms. The highest BCUT2D eigenvalue weighted by Gasteiger charge is 2.28. The van der Waals surface area contributed by atoms with Gasteiger partial charge in [0.05, 0.1) is 0 Å². The smallest absolute Gasteiger partial charge is 0.0388 e. The molecule has 0 saturated heterocycles. The summed E-state index contributed by atoms with van der Waals surface area (Å²) in [6.45, 7) is 7.20. The molecular weight excluding hydrogens is 168 g/mol. The highest BCUT2D eigenvalue weighted by Crippen LogP contribution is 2.39. The van der Waals surface area contributed by atoms with Crippen molar-refractivity contribution >= 4 is 0 Å². The summed E-state index contributed by atoms with van der Waals surface area (Å²) in [6.07, 6.45) is 11.7. The zero-order valence-electron chi connectivity index (χ0n) is 10.4. The van der Waals surface area contributed by atoms with Crippen molar-refractivity contribution in [2.45, 2.75) is 72.1 Å². The summed E-state index contributed by atoms with van der Waals surface area (Å²) in [5.74, 6) is 3.09. The first-order chi connectivity index (χ1) is 6.74. The third-order valence-electron chi connectivity index (χ3n) is 3.75. The van der Waals surface area contributed by atoms with Crippen LogP contribution in [0.2, 0.25) is 0 Å². The van der Waals surface area contributed by atoms with Crippen molar-refractivity contribution in [3.05, 3.63) is 0 Å². The van der Waals surface area contributed by atoms with Gasteiger partial charge in [0.25, 0.3) is 0 Å². The molecule has 0 aliphatic heterocycles. The van der Waals surface area contributed by atoms with E-state index in [2.05, 4.69) is 20.8 Å². The Morgan fingerprint density at radius 1 is 1.07 bits per heavy atom. The minimum atomic E-state index is 0.974. The predicted octanol–water partition coefficient (Wildman–Crippen LogP) is 5.03. The number of hydrogen-bond donors (Lipinski definition) is 0. The summed E-state index contributed by atoms with van der Waals surface area (Å²) in [5.41, 5.74) is 0. The molecule has 0 aromatic carbocycles. The Balaban J connectivity index is 1.94. The van der Waals surface area contributed by atoms with Gasteiger partial charge in [-0.15, -0.1) is 0 Å². The van der Waals surface area contributed by atoms with Gasteiger partial charge < -0.3 is 0 Å². The van der Waals surface area contributed by atoms with Gasteiger partial charge in [-0.25, -0.2) is 0 Å². The zero-order chi connectivity index (χ0) is 10.4. The Hall–Kier alpha value is 0. The second-order valence-electron chi connectivity index (χ2n) is 5.50. The van der Waals surface area contributed by atoms with Crippen LogP contribution in [0.1, 0.15) is 72.1 Å². The Labute approximate surface area is 90.5 Å². The van der Waals surface area contributed by atoms with Crippen LogP contribution in [0.4, 0.5) is 0 Å². The predicted molar refractivity (Wildman–Crippen MR) is 64.4 cm³/mol. The van der Waals surface area contributed by atoms with Gasteiger partial charge in [-0.1, -0.05) is 52.9 Å². The fourth-order valence-corrected chi connectivity index (χ4v) is 2.53. The van der Waals surface area contributed by atoms with Crippen LogP contribution in [-0.2, 0) is 0 Å². The van der Waals surface area contributed by atoms with E-state index < -0.39 is 0 Å². The van der Waals surface area contributed by atoms with Gasteiger partial charge in [-0.2, -0.15) is 0 Å². The van der Waals surface area contributed by atoms with Crippen molar-refractivity contribution in [2.75, 3.05) is 0 Å². The lowest BCUT2D eigenvalue weighted by Crippen LogP contribution is -2.05. The first kappa shape index (κ1) is 12.1. The molecule has 0 N–H and O–H groups in total. The van der Waals surface area contributed by atoms with Gasteiger partial charge in [0, 0.05) is 0 Å². The fraction of sp³-hybridized carbons (Fsp3) is 1.00. The van der Waals surface area contributed by atoms with Crippen LogP contribution >= 0.6 is 0 Å². The number of rotatable bonds is 8. The highest BCUT2D eigenvalue weighted by atomic mass is 14.3. The lowest BCUT2D eigenvalue weighted by molar-refractivity contribution is 0.354. The molecule has 0 spiro atoms. The van der Waals surface area contributed by atoms with Crippen molar-refractivity contribution in [1.29, 1.82) is 0 Å². The standard InChI is InChI=1S/C14H28/c1-4-5-6-7-8-12(2)11-13(3)14-9-10-14/h12-14H,4-11H2,1-3H3. The molecule has 1 rings (SSSR count). The Morgan fingerprint density at radius 3 is 2.36 bits per heavy atom. The molecule has 1 fully saturated rings. The number of hydrogen-bond acceptors (Lipinski definition) is 0. The minimum absolute atomic E-state index is 0.974. The maximum Gasteiger partial charge on any atom is -0.0388 e. The van der Waals surface area contributed by atoms with E-state index in [0.717, 1.165) is 17.8 Å². The van der Waals surface area contributed by atoms with E-state index in [0.29, 0.717) is 0 Å². The van der Waals surface area contributed by atoms with Crippen LogP contribution in [-0.4, -0.2) is 0 Å². The van der Waals surface area contributed by atoms with Gasteiger partial charge in [0.15, 0.2) is 0 Å². The van der Waals surface area contributed by atoms with Crippen LogP contribution in [0.3, 0.4) is 0 Å². The van der Waals surface area contributed by atoms with Crippen molar-refractivity contribution in [3.63, 3.8) is 0 Å². The first-order valence-corrected chi connectivity index (χ1v) is 6.74. The van der Waals surface area contributed by atoms with E-state index in [4.69, 9.17) is 0 Å². The summed E-state index contributed by atoms with van der Waals surface area (Å²) in [7, 11) is 0. The quantitative estimate of drug-likeness (QED) is 0.478. The molecule has 0 radical (unpaired) electrons. The first-order valence-electron chi connectivity index (χ1n) is 6.74. The van der Waals surface area contributed by atoms with Crippen molar-refractivity contribution < 1.29 is 0 Å². The molecule has 84 valence electrons. The largest absolute Gasteiger partial charge is 0.0654 e. The van der Waals surface area contributed by atoms with E-state index in [-0.39, 0.29) is 0 Å². The van der Waals surface area contributed by atoms with E-state index in [1.165, 1.54) is 51.4 Å². The van der Waals surface area contributed by atoms with Crippen molar-refractivity contribution in [2.24, 2.45) is 17.8 Å². The van der Waals surface area contributed by atoms with Crippen molar-refractivity contribution in [3.8, 4) is 0 Å². The lowest BCUT2D eigenvalue weighted by atomic mass is 9.90. The summed E-state index contributed by atoms with van der Waals surface area (Å²) >= 11 is 0. The van der Waals surface area contributed by atoms with Crippen LogP contribution < -0.4 is 0 Å². The molecule has 0 heterocycles. The Kier molecular flexibility index (Phi) is 5.59. The monoisotopic (exact) mass is 196 g/mol. The molecule has 2 unspecified atom stereocenters. The third kappa shape index (κ3) is 5.02. The summed E-state index contributed by atoms with van der Waals surface area (Å²) in [4.78, 5) is 0. The van der Waals surface area contributed by atoms with E-state index in [1.54, 1.807) is 0 Å². The zero-order valence-corrected chi connectivity index (χ0v) is 10.4. The molecule has 2 atom stereocenters. The maximum absolute atomic E-state index is 2.46. The van der Waals surface area contributed by atoms with E-state index >= 15 is 0 Å². The van der Waals surface area contributed by atoms with E-state index in [1.807, 2.05) is 0 Å². The van der Waals surface area contributed by atoms with Gasteiger partial charge in [-0.05, 0) is 37.0 Å². The normalized spacial score (nSPS) is 20.8. The summed E-state index contributed by atoms with van der Waals surface area (Å²) in [6, 6.07) is 0.